The lowest BCUT2D eigenvalue weighted by Crippen LogP contribution is -2.13. The number of carbonyl (C=O) groups is 2. The zero-order chi connectivity index (χ0) is 21.5. The van der Waals surface area contributed by atoms with Gasteiger partial charge in [0.2, 0.25) is 5.91 Å². The SMILES string of the molecule is COCCCn1cc(NC(=O)CCc2cnc(-c3ccc(O)cn3)s2)c(C(=O)O)c1. The second-order valence-corrected chi connectivity index (χ2v) is 7.67. The number of carboxylic acids is 1. The van der Waals surface area contributed by atoms with Crippen molar-refractivity contribution in [2.75, 3.05) is 19.0 Å². The van der Waals surface area contributed by atoms with Crippen LogP contribution in [0.3, 0.4) is 0 Å². The van der Waals surface area contributed by atoms with Crippen LogP contribution in [0.2, 0.25) is 0 Å². The van der Waals surface area contributed by atoms with E-state index < -0.39 is 5.97 Å². The van der Waals surface area contributed by atoms with Crippen molar-refractivity contribution >= 4 is 28.9 Å². The maximum Gasteiger partial charge on any atom is 0.339 e. The molecule has 3 N–H and O–H groups in total. The van der Waals surface area contributed by atoms with Crippen LogP contribution in [0.25, 0.3) is 10.7 Å². The lowest BCUT2D eigenvalue weighted by molar-refractivity contribution is -0.116. The van der Waals surface area contributed by atoms with Crippen LogP contribution in [0.1, 0.15) is 28.1 Å². The molecule has 30 heavy (non-hydrogen) atoms. The molecule has 9 nitrogen and oxygen atoms in total. The Morgan fingerprint density at radius 2 is 2.07 bits per heavy atom. The number of aromatic carboxylic acids is 1. The van der Waals surface area contributed by atoms with E-state index in [1.54, 1.807) is 30.1 Å². The number of rotatable bonds is 10. The largest absolute Gasteiger partial charge is 0.506 e. The van der Waals surface area contributed by atoms with E-state index in [0.29, 0.717) is 30.3 Å². The lowest BCUT2D eigenvalue weighted by Gasteiger charge is -2.04. The molecule has 0 bridgehead atoms. The number of carbonyl (C=O) groups excluding carboxylic acids is 1. The first-order valence-electron chi connectivity index (χ1n) is 9.28. The Morgan fingerprint density at radius 3 is 2.77 bits per heavy atom. The van der Waals surface area contributed by atoms with Crippen LogP contribution in [0.4, 0.5) is 5.69 Å². The molecule has 0 atom stereocenters. The molecular weight excluding hydrogens is 408 g/mol. The normalized spacial score (nSPS) is 10.8. The molecule has 3 heterocycles. The first-order chi connectivity index (χ1) is 14.5. The fraction of sp³-hybridized carbons (Fsp3) is 0.300. The second kappa shape index (κ2) is 9.99. The maximum atomic E-state index is 12.4. The number of aromatic hydroxyl groups is 1. The minimum Gasteiger partial charge on any atom is -0.506 e. The maximum absolute atomic E-state index is 12.4. The van der Waals surface area contributed by atoms with Gasteiger partial charge in [-0.25, -0.2) is 14.8 Å². The summed E-state index contributed by atoms with van der Waals surface area (Å²) in [5.74, 6) is -1.28. The Morgan fingerprint density at radius 1 is 1.23 bits per heavy atom. The fourth-order valence-electron chi connectivity index (χ4n) is 2.80. The molecule has 0 spiro atoms. The van der Waals surface area contributed by atoms with Gasteiger partial charge in [0.25, 0.3) is 0 Å². The van der Waals surface area contributed by atoms with Gasteiger partial charge in [-0.3, -0.25) is 4.79 Å². The smallest absolute Gasteiger partial charge is 0.339 e. The highest BCUT2D eigenvalue weighted by Gasteiger charge is 2.16. The molecule has 0 aliphatic carbocycles. The summed E-state index contributed by atoms with van der Waals surface area (Å²) in [4.78, 5) is 33.2. The highest BCUT2D eigenvalue weighted by molar-refractivity contribution is 7.15. The van der Waals surface area contributed by atoms with Crippen molar-refractivity contribution in [3.63, 3.8) is 0 Å². The van der Waals surface area contributed by atoms with E-state index in [9.17, 15) is 19.8 Å². The first kappa shape index (κ1) is 21.5. The van der Waals surface area contributed by atoms with Crippen molar-refractivity contribution in [2.45, 2.75) is 25.8 Å². The summed E-state index contributed by atoms with van der Waals surface area (Å²) in [5.41, 5.74) is 0.983. The minimum atomic E-state index is -1.09. The molecule has 3 aromatic heterocycles. The molecule has 0 unspecified atom stereocenters. The van der Waals surface area contributed by atoms with Gasteiger partial charge in [0, 0.05) is 50.1 Å². The number of carboxylic acid groups (broad SMARTS) is 1. The third-order valence-electron chi connectivity index (χ3n) is 4.27. The van der Waals surface area contributed by atoms with Gasteiger partial charge >= 0.3 is 5.97 Å². The Kier molecular flexibility index (Phi) is 7.15. The van der Waals surface area contributed by atoms with Crippen molar-refractivity contribution in [1.29, 1.82) is 0 Å². The molecule has 0 fully saturated rings. The highest BCUT2D eigenvalue weighted by Crippen LogP contribution is 2.25. The van der Waals surface area contributed by atoms with Crippen molar-refractivity contribution in [3.8, 4) is 16.5 Å². The Hall–Kier alpha value is -3.24. The molecule has 0 aromatic carbocycles. The first-order valence-corrected chi connectivity index (χ1v) is 10.1. The number of pyridine rings is 1. The predicted molar refractivity (Wildman–Crippen MR) is 112 cm³/mol. The van der Waals surface area contributed by atoms with Gasteiger partial charge in [0.1, 0.15) is 16.3 Å². The van der Waals surface area contributed by atoms with Gasteiger partial charge < -0.3 is 24.8 Å². The van der Waals surface area contributed by atoms with Gasteiger partial charge in [0.15, 0.2) is 0 Å². The van der Waals surface area contributed by atoms with E-state index in [0.717, 1.165) is 11.3 Å². The van der Waals surface area contributed by atoms with Crippen molar-refractivity contribution in [3.05, 3.63) is 47.4 Å². The Labute approximate surface area is 177 Å². The number of aryl methyl sites for hydroxylation is 2. The summed E-state index contributed by atoms with van der Waals surface area (Å²) in [6.07, 6.45) is 7.58. The molecule has 3 rings (SSSR count). The van der Waals surface area contributed by atoms with Gasteiger partial charge in [0.05, 0.1) is 17.6 Å². The summed E-state index contributed by atoms with van der Waals surface area (Å²) >= 11 is 1.42. The number of hydrogen-bond acceptors (Lipinski definition) is 7. The van der Waals surface area contributed by atoms with E-state index in [1.807, 2.05) is 0 Å². The summed E-state index contributed by atoms with van der Waals surface area (Å²) in [6, 6.07) is 3.22. The molecule has 0 aliphatic heterocycles. The molecule has 158 valence electrons. The number of nitrogens with zero attached hydrogens (tertiary/aromatic N) is 3. The monoisotopic (exact) mass is 430 g/mol. The molecule has 10 heteroatoms. The van der Waals surface area contributed by atoms with Gasteiger partial charge in [-0.05, 0) is 25.0 Å². The molecule has 0 saturated heterocycles. The molecule has 1 amide bonds. The summed E-state index contributed by atoms with van der Waals surface area (Å²) < 4.78 is 6.74. The Bertz CT molecular complexity index is 1010. The van der Waals surface area contributed by atoms with Crippen LogP contribution in [0, 0.1) is 0 Å². The quantitative estimate of drug-likeness (QED) is 0.422. The number of amides is 1. The van der Waals surface area contributed by atoms with Crippen LogP contribution in [0.15, 0.2) is 36.9 Å². The van der Waals surface area contributed by atoms with Crippen LogP contribution in [0.5, 0.6) is 5.75 Å². The Balaban J connectivity index is 1.58. The highest BCUT2D eigenvalue weighted by atomic mass is 32.1. The number of anilines is 1. The van der Waals surface area contributed by atoms with Crippen LogP contribution >= 0.6 is 11.3 Å². The van der Waals surface area contributed by atoms with Crippen molar-refractivity contribution < 1.29 is 24.5 Å². The van der Waals surface area contributed by atoms with Crippen LogP contribution in [-0.2, 0) is 22.5 Å². The van der Waals surface area contributed by atoms with E-state index in [4.69, 9.17) is 4.74 Å². The standard InChI is InChI=1S/C20H22N4O5S/c1-29-8-2-7-24-11-15(20(27)28)17(12-24)23-18(26)6-4-14-10-22-19(30-14)16-5-3-13(25)9-21-16/h3,5,9-12,25H,2,4,6-8H2,1H3,(H,23,26)(H,27,28). The predicted octanol–water partition coefficient (Wildman–Crippen LogP) is 3.02. The average Bonchev–Trinajstić information content (AvgIpc) is 3.34. The number of aromatic nitrogens is 3. The molecule has 3 aromatic rings. The van der Waals surface area contributed by atoms with Crippen LogP contribution < -0.4 is 5.32 Å². The minimum absolute atomic E-state index is 0.0549. The summed E-state index contributed by atoms with van der Waals surface area (Å²) in [7, 11) is 1.61. The second-order valence-electron chi connectivity index (χ2n) is 6.56. The van der Waals surface area contributed by atoms with Crippen LogP contribution in [-0.4, -0.2) is 50.3 Å². The van der Waals surface area contributed by atoms with E-state index in [2.05, 4.69) is 15.3 Å². The average molecular weight is 430 g/mol. The zero-order valence-corrected chi connectivity index (χ0v) is 17.2. The van der Waals surface area contributed by atoms with Gasteiger partial charge in [-0.1, -0.05) is 0 Å². The number of methoxy groups -OCH3 is 1. The number of nitrogens with one attached hydrogen (secondary N) is 1. The molecule has 0 radical (unpaired) electrons. The van der Waals surface area contributed by atoms with E-state index in [-0.39, 0.29) is 29.3 Å². The van der Waals surface area contributed by atoms with Gasteiger partial charge in [-0.15, -0.1) is 11.3 Å². The van der Waals surface area contributed by atoms with Gasteiger partial charge in [-0.2, -0.15) is 0 Å². The van der Waals surface area contributed by atoms with Crippen molar-refractivity contribution in [2.24, 2.45) is 0 Å². The number of hydrogen-bond donors (Lipinski definition) is 3. The molecule has 0 aliphatic rings. The zero-order valence-electron chi connectivity index (χ0n) is 16.4. The topological polar surface area (TPSA) is 127 Å². The van der Waals surface area contributed by atoms with Crippen molar-refractivity contribution in [1.82, 2.24) is 14.5 Å². The summed E-state index contributed by atoms with van der Waals surface area (Å²) in [5, 5.41) is 22.1. The number of ether oxygens (including phenoxy) is 1. The fourth-order valence-corrected chi connectivity index (χ4v) is 3.69. The van der Waals surface area contributed by atoms with E-state index >= 15 is 0 Å². The molecule has 0 saturated carbocycles. The third-order valence-corrected chi connectivity index (χ3v) is 5.35. The molecular formula is C20H22N4O5S. The lowest BCUT2D eigenvalue weighted by atomic mass is 10.2. The van der Waals surface area contributed by atoms with E-state index in [1.165, 1.54) is 29.8 Å². The third kappa shape index (κ3) is 5.65. The summed E-state index contributed by atoms with van der Waals surface area (Å²) in [6.45, 7) is 1.16. The number of thiazole rings is 1.